The third kappa shape index (κ3) is 3.15. The van der Waals surface area contributed by atoms with Crippen molar-refractivity contribution in [1.82, 2.24) is 9.80 Å². The summed E-state index contributed by atoms with van der Waals surface area (Å²) in [5.41, 5.74) is 1.07. The summed E-state index contributed by atoms with van der Waals surface area (Å²) in [5, 5.41) is 0.442. The third-order valence-electron chi connectivity index (χ3n) is 3.87. The van der Waals surface area contributed by atoms with E-state index >= 15 is 0 Å². The highest BCUT2D eigenvalue weighted by atomic mass is 35.5. The summed E-state index contributed by atoms with van der Waals surface area (Å²) in [4.78, 5) is 16.1. The Bertz CT molecular complexity index is 632. The van der Waals surface area contributed by atoms with Crippen molar-refractivity contribution in [2.24, 2.45) is 0 Å². The highest BCUT2D eigenvalue weighted by Gasteiger charge is 2.23. The van der Waals surface area contributed by atoms with Crippen LogP contribution in [0.5, 0.6) is 0 Å². The van der Waals surface area contributed by atoms with Crippen molar-refractivity contribution in [3.63, 3.8) is 0 Å². The number of hydrogen-bond donors (Lipinski definition) is 0. The van der Waals surface area contributed by atoms with E-state index in [-0.39, 0.29) is 11.7 Å². The second-order valence-electron chi connectivity index (χ2n) is 5.28. The summed E-state index contributed by atoms with van der Waals surface area (Å²) >= 11 is 6.05. The van der Waals surface area contributed by atoms with Crippen molar-refractivity contribution >= 4 is 17.5 Å². The molecule has 0 radical (unpaired) electrons. The van der Waals surface area contributed by atoms with Crippen LogP contribution < -0.4 is 0 Å². The lowest BCUT2D eigenvalue weighted by Crippen LogP contribution is -2.48. The summed E-state index contributed by atoms with van der Waals surface area (Å²) in [6.45, 7) is 3.05. The number of furan rings is 1. The van der Waals surface area contributed by atoms with Crippen LogP contribution in [-0.2, 0) is 6.54 Å². The molecule has 1 fully saturated rings. The molecule has 1 aliphatic rings. The van der Waals surface area contributed by atoms with Gasteiger partial charge >= 0.3 is 0 Å². The highest BCUT2D eigenvalue weighted by Crippen LogP contribution is 2.21. The molecule has 0 spiro atoms. The number of benzene rings is 1. The molecule has 1 aliphatic heterocycles. The van der Waals surface area contributed by atoms with Gasteiger partial charge in [0.25, 0.3) is 5.91 Å². The van der Waals surface area contributed by atoms with Crippen LogP contribution in [0.2, 0.25) is 5.02 Å². The fourth-order valence-electron chi connectivity index (χ4n) is 2.58. The molecule has 1 aromatic carbocycles. The third-order valence-corrected chi connectivity index (χ3v) is 4.23. The molecule has 0 aliphatic carbocycles. The van der Waals surface area contributed by atoms with E-state index in [9.17, 15) is 9.18 Å². The van der Waals surface area contributed by atoms with Crippen molar-refractivity contribution in [3.05, 3.63) is 58.8 Å². The Morgan fingerprint density at radius 1 is 1.23 bits per heavy atom. The monoisotopic (exact) mass is 322 g/mol. The van der Waals surface area contributed by atoms with Crippen LogP contribution in [0.15, 0.2) is 41.2 Å². The van der Waals surface area contributed by atoms with E-state index in [0.717, 1.165) is 0 Å². The van der Waals surface area contributed by atoms with Crippen molar-refractivity contribution < 1.29 is 13.6 Å². The molecule has 0 N–H and O–H groups in total. The first-order chi connectivity index (χ1) is 10.6. The summed E-state index contributed by atoms with van der Waals surface area (Å²) in [5.74, 6) is -0.318. The Balaban J connectivity index is 1.59. The Labute approximate surface area is 133 Å². The van der Waals surface area contributed by atoms with Gasteiger partial charge in [0.1, 0.15) is 12.1 Å². The Kier molecular flexibility index (Phi) is 4.45. The van der Waals surface area contributed by atoms with Crippen LogP contribution in [0, 0.1) is 5.82 Å². The van der Waals surface area contributed by atoms with Gasteiger partial charge < -0.3 is 9.32 Å². The number of carbonyl (C=O) groups is 1. The minimum Gasteiger partial charge on any atom is -0.472 e. The topological polar surface area (TPSA) is 36.7 Å². The van der Waals surface area contributed by atoms with E-state index in [1.54, 1.807) is 23.1 Å². The van der Waals surface area contributed by atoms with Gasteiger partial charge in [-0.25, -0.2) is 4.39 Å². The Morgan fingerprint density at radius 3 is 2.64 bits per heavy atom. The van der Waals surface area contributed by atoms with Gasteiger partial charge in [-0.15, -0.1) is 0 Å². The second kappa shape index (κ2) is 6.50. The standard InChI is InChI=1S/C16H16ClFN2O2/c17-14-2-1-3-15(18)13(14)10-19-5-7-20(8-6-19)16(21)12-4-9-22-11-12/h1-4,9,11H,5-8,10H2. The summed E-state index contributed by atoms with van der Waals surface area (Å²) < 4.78 is 18.7. The molecule has 6 heteroatoms. The maximum atomic E-state index is 13.8. The van der Waals surface area contributed by atoms with Gasteiger partial charge in [-0.05, 0) is 18.2 Å². The molecule has 4 nitrogen and oxygen atoms in total. The van der Waals surface area contributed by atoms with Crippen molar-refractivity contribution in [3.8, 4) is 0 Å². The Hall–Kier alpha value is -1.85. The van der Waals surface area contributed by atoms with Crippen LogP contribution in [0.3, 0.4) is 0 Å². The van der Waals surface area contributed by atoms with Crippen molar-refractivity contribution in [1.29, 1.82) is 0 Å². The minimum absolute atomic E-state index is 0.0303. The van der Waals surface area contributed by atoms with E-state index in [0.29, 0.717) is 48.9 Å². The maximum absolute atomic E-state index is 13.8. The highest BCUT2D eigenvalue weighted by molar-refractivity contribution is 6.31. The lowest BCUT2D eigenvalue weighted by molar-refractivity contribution is 0.0626. The number of hydrogen-bond acceptors (Lipinski definition) is 3. The molecular formula is C16H16ClFN2O2. The smallest absolute Gasteiger partial charge is 0.257 e. The molecule has 2 aromatic rings. The number of halogens is 2. The lowest BCUT2D eigenvalue weighted by Gasteiger charge is -2.34. The fraction of sp³-hybridized carbons (Fsp3) is 0.312. The van der Waals surface area contributed by atoms with E-state index in [1.807, 2.05) is 0 Å². The van der Waals surface area contributed by atoms with Gasteiger partial charge in [0.2, 0.25) is 0 Å². The first-order valence-electron chi connectivity index (χ1n) is 7.12. The number of amides is 1. The Morgan fingerprint density at radius 2 is 2.00 bits per heavy atom. The zero-order valence-corrected chi connectivity index (χ0v) is 12.7. The zero-order chi connectivity index (χ0) is 15.5. The summed E-state index contributed by atoms with van der Waals surface area (Å²) in [6.07, 6.45) is 2.94. The molecule has 22 heavy (non-hydrogen) atoms. The zero-order valence-electron chi connectivity index (χ0n) is 12.0. The van der Waals surface area contributed by atoms with Crippen LogP contribution in [0.4, 0.5) is 4.39 Å². The number of rotatable bonds is 3. The molecule has 1 aromatic heterocycles. The molecule has 1 amide bonds. The molecule has 0 unspecified atom stereocenters. The van der Waals surface area contributed by atoms with Crippen LogP contribution >= 0.6 is 11.6 Å². The van der Waals surface area contributed by atoms with E-state index in [2.05, 4.69) is 4.90 Å². The predicted molar refractivity (Wildman–Crippen MR) is 81.3 cm³/mol. The van der Waals surface area contributed by atoms with Crippen LogP contribution in [0.25, 0.3) is 0 Å². The summed E-state index contributed by atoms with van der Waals surface area (Å²) in [7, 11) is 0. The maximum Gasteiger partial charge on any atom is 0.257 e. The van der Waals surface area contributed by atoms with Gasteiger partial charge in [-0.3, -0.25) is 9.69 Å². The summed E-state index contributed by atoms with van der Waals surface area (Å²) in [6, 6.07) is 6.37. The van der Waals surface area contributed by atoms with E-state index < -0.39 is 0 Å². The normalized spacial score (nSPS) is 16.0. The van der Waals surface area contributed by atoms with Gasteiger partial charge in [-0.1, -0.05) is 17.7 Å². The van der Waals surface area contributed by atoms with Crippen LogP contribution in [0.1, 0.15) is 15.9 Å². The number of nitrogens with zero attached hydrogens (tertiary/aromatic N) is 2. The average Bonchev–Trinajstić information content (AvgIpc) is 3.05. The van der Waals surface area contributed by atoms with E-state index in [1.165, 1.54) is 18.6 Å². The van der Waals surface area contributed by atoms with Gasteiger partial charge in [-0.2, -0.15) is 0 Å². The molecule has 1 saturated heterocycles. The first-order valence-corrected chi connectivity index (χ1v) is 7.49. The SMILES string of the molecule is O=C(c1ccoc1)N1CCN(Cc2c(F)cccc2Cl)CC1. The van der Waals surface area contributed by atoms with Crippen molar-refractivity contribution in [2.45, 2.75) is 6.54 Å². The van der Waals surface area contributed by atoms with Gasteiger partial charge in [0, 0.05) is 43.3 Å². The van der Waals surface area contributed by atoms with Crippen LogP contribution in [-0.4, -0.2) is 41.9 Å². The quantitative estimate of drug-likeness (QED) is 0.871. The first kappa shape index (κ1) is 15.1. The average molecular weight is 323 g/mol. The molecule has 116 valence electrons. The molecule has 3 rings (SSSR count). The predicted octanol–water partition coefficient (Wildman–Crippen LogP) is 3.03. The molecule has 0 saturated carbocycles. The minimum atomic E-state index is -0.288. The lowest BCUT2D eigenvalue weighted by atomic mass is 10.1. The largest absolute Gasteiger partial charge is 0.472 e. The second-order valence-corrected chi connectivity index (χ2v) is 5.69. The van der Waals surface area contributed by atoms with E-state index in [4.69, 9.17) is 16.0 Å². The van der Waals surface area contributed by atoms with Gasteiger partial charge in [0.05, 0.1) is 11.8 Å². The number of carbonyl (C=O) groups excluding carboxylic acids is 1. The molecule has 0 bridgehead atoms. The van der Waals surface area contributed by atoms with Gasteiger partial charge in [0.15, 0.2) is 0 Å². The van der Waals surface area contributed by atoms with Crippen molar-refractivity contribution in [2.75, 3.05) is 26.2 Å². The molecule has 0 atom stereocenters. The molecular weight excluding hydrogens is 307 g/mol. The molecule has 2 heterocycles. The number of piperazine rings is 1. The fourth-order valence-corrected chi connectivity index (χ4v) is 2.81.